The maximum atomic E-state index is 5.75. The molecule has 1 aromatic carbocycles. The first-order valence-electron chi connectivity index (χ1n) is 5.02. The number of aromatic nitrogens is 1. The molecule has 2 aromatic rings. The Morgan fingerprint density at radius 2 is 2.18 bits per heavy atom. The van der Waals surface area contributed by atoms with Gasteiger partial charge in [0.15, 0.2) is 0 Å². The molecule has 0 fully saturated rings. The maximum absolute atomic E-state index is 5.75. The van der Waals surface area contributed by atoms with Crippen LogP contribution in [0.3, 0.4) is 0 Å². The molecule has 0 atom stereocenters. The Morgan fingerprint density at radius 3 is 2.82 bits per heavy atom. The molecule has 0 saturated heterocycles. The smallest absolute Gasteiger partial charge is 0.147 e. The van der Waals surface area contributed by atoms with E-state index in [1.807, 2.05) is 30.3 Å². The predicted molar refractivity (Wildman–Crippen MR) is 72.6 cm³/mol. The molecule has 0 saturated carbocycles. The second-order valence-corrected chi connectivity index (χ2v) is 4.26. The lowest BCUT2D eigenvalue weighted by Gasteiger charge is -2.10. The number of nitrogens with two attached hydrogens (primary N) is 1. The Balaban J connectivity index is 2.25. The van der Waals surface area contributed by atoms with Gasteiger partial charge >= 0.3 is 0 Å². The summed E-state index contributed by atoms with van der Waals surface area (Å²) in [5, 5.41) is 3.19. The number of halogens is 1. The van der Waals surface area contributed by atoms with Gasteiger partial charge in [-0.2, -0.15) is 0 Å². The van der Waals surface area contributed by atoms with Crippen LogP contribution < -0.4 is 15.8 Å². The fourth-order valence-electron chi connectivity index (χ4n) is 1.42. The van der Waals surface area contributed by atoms with Gasteiger partial charge < -0.3 is 15.8 Å². The predicted octanol–water partition coefficient (Wildman–Crippen LogP) is 3.18. The standard InChI is InChI=1S/C12H12BrN3O/c1-17-11-5-4-8(7-9(11)13)16-10-3-2-6-15-12(10)14/h2-7,16H,1H3,(H2,14,15). The molecule has 1 heterocycles. The third kappa shape index (κ3) is 2.68. The number of benzene rings is 1. The molecule has 2 rings (SSSR count). The van der Waals surface area contributed by atoms with Crippen LogP contribution in [0, 0.1) is 0 Å². The van der Waals surface area contributed by atoms with Crippen LogP contribution in [-0.2, 0) is 0 Å². The van der Waals surface area contributed by atoms with E-state index in [1.165, 1.54) is 0 Å². The lowest BCUT2D eigenvalue weighted by atomic mass is 10.3. The fraction of sp³-hybridized carbons (Fsp3) is 0.0833. The van der Waals surface area contributed by atoms with Gasteiger partial charge in [-0.3, -0.25) is 0 Å². The molecule has 17 heavy (non-hydrogen) atoms. The summed E-state index contributed by atoms with van der Waals surface area (Å²) < 4.78 is 6.04. The molecule has 0 radical (unpaired) electrons. The van der Waals surface area contributed by atoms with E-state index in [4.69, 9.17) is 10.5 Å². The normalized spacial score (nSPS) is 10.0. The van der Waals surface area contributed by atoms with Gasteiger partial charge in [-0.1, -0.05) is 0 Å². The van der Waals surface area contributed by atoms with Crippen molar-refractivity contribution < 1.29 is 4.74 Å². The second-order valence-electron chi connectivity index (χ2n) is 3.41. The molecule has 0 unspecified atom stereocenters. The average molecular weight is 294 g/mol. The van der Waals surface area contributed by atoms with E-state index in [2.05, 4.69) is 26.2 Å². The number of rotatable bonds is 3. The van der Waals surface area contributed by atoms with E-state index in [1.54, 1.807) is 13.3 Å². The monoisotopic (exact) mass is 293 g/mol. The molecular weight excluding hydrogens is 282 g/mol. The van der Waals surface area contributed by atoms with Crippen molar-refractivity contribution in [3.05, 3.63) is 41.0 Å². The van der Waals surface area contributed by atoms with Crippen LogP contribution in [-0.4, -0.2) is 12.1 Å². The van der Waals surface area contributed by atoms with E-state index in [0.29, 0.717) is 5.82 Å². The third-order valence-electron chi connectivity index (χ3n) is 2.27. The minimum Gasteiger partial charge on any atom is -0.496 e. The Hall–Kier alpha value is -1.75. The largest absolute Gasteiger partial charge is 0.496 e. The van der Waals surface area contributed by atoms with Crippen LogP contribution in [0.2, 0.25) is 0 Å². The molecule has 0 spiro atoms. The van der Waals surface area contributed by atoms with Crippen LogP contribution >= 0.6 is 15.9 Å². The van der Waals surface area contributed by atoms with Gasteiger partial charge in [0.2, 0.25) is 0 Å². The number of hydrogen-bond acceptors (Lipinski definition) is 4. The highest BCUT2D eigenvalue weighted by molar-refractivity contribution is 9.10. The summed E-state index contributed by atoms with van der Waals surface area (Å²) in [5.41, 5.74) is 7.45. The zero-order chi connectivity index (χ0) is 12.3. The highest BCUT2D eigenvalue weighted by atomic mass is 79.9. The van der Waals surface area contributed by atoms with Gasteiger partial charge in [0, 0.05) is 11.9 Å². The molecule has 0 aliphatic rings. The number of ether oxygens (including phenoxy) is 1. The highest BCUT2D eigenvalue weighted by Gasteiger charge is 2.03. The van der Waals surface area contributed by atoms with Crippen molar-refractivity contribution in [3.8, 4) is 5.75 Å². The number of nitrogens with zero attached hydrogens (tertiary/aromatic N) is 1. The quantitative estimate of drug-likeness (QED) is 0.912. The van der Waals surface area contributed by atoms with Crippen molar-refractivity contribution in [2.75, 3.05) is 18.2 Å². The summed E-state index contributed by atoms with van der Waals surface area (Å²) in [7, 11) is 1.63. The van der Waals surface area contributed by atoms with Crippen molar-refractivity contribution in [2.45, 2.75) is 0 Å². The van der Waals surface area contributed by atoms with Gasteiger partial charge in [0.1, 0.15) is 11.6 Å². The van der Waals surface area contributed by atoms with Gasteiger partial charge in [-0.25, -0.2) is 4.98 Å². The van der Waals surface area contributed by atoms with Gasteiger partial charge in [0.05, 0.1) is 17.3 Å². The number of methoxy groups -OCH3 is 1. The summed E-state index contributed by atoms with van der Waals surface area (Å²) in [5.74, 6) is 1.26. The molecule has 5 heteroatoms. The topological polar surface area (TPSA) is 60.2 Å². The van der Waals surface area contributed by atoms with E-state index in [9.17, 15) is 0 Å². The van der Waals surface area contributed by atoms with Crippen molar-refractivity contribution in [2.24, 2.45) is 0 Å². The summed E-state index contributed by atoms with van der Waals surface area (Å²) >= 11 is 3.43. The van der Waals surface area contributed by atoms with Crippen molar-refractivity contribution in [1.29, 1.82) is 0 Å². The van der Waals surface area contributed by atoms with Crippen LogP contribution in [0.15, 0.2) is 41.0 Å². The molecule has 4 nitrogen and oxygen atoms in total. The van der Waals surface area contributed by atoms with E-state index in [0.717, 1.165) is 21.6 Å². The number of nitrogen functional groups attached to an aromatic ring is 1. The lowest BCUT2D eigenvalue weighted by Crippen LogP contribution is -1.98. The van der Waals surface area contributed by atoms with Crippen LogP contribution in [0.1, 0.15) is 0 Å². The average Bonchev–Trinajstić information content (AvgIpc) is 2.32. The molecule has 1 aromatic heterocycles. The SMILES string of the molecule is COc1ccc(Nc2cccnc2N)cc1Br. The second kappa shape index (κ2) is 5.05. The highest BCUT2D eigenvalue weighted by Crippen LogP contribution is 2.29. The minimum absolute atomic E-state index is 0.472. The van der Waals surface area contributed by atoms with Crippen LogP contribution in [0.25, 0.3) is 0 Å². The Kier molecular flexibility index (Phi) is 3.49. The first-order chi connectivity index (χ1) is 8.20. The Labute approximate surface area is 108 Å². The van der Waals surface area contributed by atoms with Gasteiger partial charge in [-0.15, -0.1) is 0 Å². The van der Waals surface area contributed by atoms with E-state index < -0.39 is 0 Å². The first-order valence-corrected chi connectivity index (χ1v) is 5.81. The number of hydrogen-bond donors (Lipinski definition) is 2. The number of anilines is 3. The molecule has 88 valence electrons. The summed E-state index contributed by atoms with van der Waals surface area (Å²) in [6.07, 6.45) is 1.66. The van der Waals surface area contributed by atoms with Crippen molar-refractivity contribution in [3.63, 3.8) is 0 Å². The molecular formula is C12H12BrN3O. The Bertz CT molecular complexity index is 531. The summed E-state index contributed by atoms with van der Waals surface area (Å²) in [6.45, 7) is 0. The minimum atomic E-state index is 0.472. The van der Waals surface area contributed by atoms with E-state index >= 15 is 0 Å². The van der Waals surface area contributed by atoms with Gasteiger partial charge in [0.25, 0.3) is 0 Å². The molecule has 0 amide bonds. The summed E-state index contributed by atoms with van der Waals surface area (Å²) in [4.78, 5) is 4.01. The third-order valence-corrected chi connectivity index (χ3v) is 2.89. The maximum Gasteiger partial charge on any atom is 0.147 e. The van der Waals surface area contributed by atoms with Crippen LogP contribution in [0.4, 0.5) is 17.2 Å². The zero-order valence-corrected chi connectivity index (χ0v) is 10.9. The molecule has 0 bridgehead atoms. The zero-order valence-electron chi connectivity index (χ0n) is 9.27. The number of nitrogens with one attached hydrogen (secondary N) is 1. The van der Waals surface area contributed by atoms with Crippen molar-refractivity contribution >= 4 is 33.1 Å². The lowest BCUT2D eigenvalue weighted by molar-refractivity contribution is 0.412. The Morgan fingerprint density at radius 1 is 1.35 bits per heavy atom. The molecule has 0 aliphatic heterocycles. The fourth-order valence-corrected chi connectivity index (χ4v) is 1.96. The van der Waals surface area contributed by atoms with Crippen molar-refractivity contribution in [1.82, 2.24) is 4.98 Å². The number of pyridine rings is 1. The van der Waals surface area contributed by atoms with Crippen LogP contribution in [0.5, 0.6) is 5.75 Å². The van der Waals surface area contributed by atoms with Gasteiger partial charge in [-0.05, 0) is 46.3 Å². The molecule has 3 N–H and O–H groups in total. The molecule has 0 aliphatic carbocycles. The first kappa shape index (κ1) is 11.7. The van der Waals surface area contributed by atoms with E-state index in [-0.39, 0.29) is 0 Å². The summed E-state index contributed by atoms with van der Waals surface area (Å²) in [6, 6.07) is 9.41.